The first-order valence-electron chi connectivity index (χ1n) is 7.10. The van der Waals surface area contributed by atoms with Gasteiger partial charge in [-0.2, -0.15) is 0 Å². The Hall–Kier alpha value is -0.530. The molecule has 16 heavy (non-hydrogen) atoms. The van der Waals surface area contributed by atoms with E-state index in [-0.39, 0.29) is 0 Å². The number of amides is 1. The lowest BCUT2D eigenvalue weighted by Gasteiger charge is -2.29. The molecule has 2 heteroatoms. The van der Waals surface area contributed by atoms with Crippen LogP contribution in [0.1, 0.15) is 51.4 Å². The lowest BCUT2D eigenvalue weighted by Crippen LogP contribution is -2.37. The molecule has 0 aromatic carbocycles. The number of hydrogen-bond donors (Lipinski definition) is 0. The molecule has 1 heterocycles. The Morgan fingerprint density at radius 1 is 1.06 bits per heavy atom. The summed E-state index contributed by atoms with van der Waals surface area (Å²) in [7, 11) is 0. The Labute approximate surface area is 98.4 Å². The second-order valence-electron chi connectivity index (χ2n) is 6.08. The van der Waals surface area contributed by atoms with E-state index < -0.39 is 0 Å². The van der Waals surface area contributed by atoms with Crippen LogP contribution in [-0.4, -0.2) is 23.9 Å². The van der Waals surface area contributed by atoms with Crippen molar-refractivity contribution in [2.75, 3.05) is 13.1 Å². The van der Waals surface area contributed by atoms with E-state index in [1.807, 2.05) is 0 Å². The summed E-state index contributed by atoms with van der Waals surface area (Å²) in [4.78, 5) is 14.3. The van der Waals surface area contributed by atoms with Gasteiger partial charge in [0.2, 0.25) is 5.91 Å². The summed E-state index contributed by atoms with van der Waals surface area (Å²) in [5, 5.41) is 0. The third-order valence-electron chi connectivity index (χ3n) is 5.03. The standard InChI is InChI=1S/C14H23NO/c16-14(15-6-2-1-3-7-15)10-13-9-11-4-5-12(13)8-11/h11-13H,1-10H2/t11-,12-,13+/m0/s1. The van der Waals surface area contributed by atoms with E-state index in [0.29, 0.717) is 5.91 Å². The van der Waals surface area contributed by atoms with Crippen molar-refractivity contribution >= 4 is 5.91 Å². The summed E-state index contributed by atoms with van der Waals surface area (Å²) >= 11 is 0. The summed E-state index contributed by atoms with van der Waals surface area (Å²) in [6.07, 6.45) is 10.3. The zero-order chi connectivity index (χ0) is 11.0. The van der Waals surface area contributed by atoms with Crippen LogP contribution in [0, 0.1) is 17.8 Å². The molecule has 0 radical (unpaired) electrons. The molecule has 3 atom stereocenters. The summed E-state index contributed by atoms with van der Waals surface area (Å²) in [6.45, 7) is 2.05. The highest BCUT2D eigenvalue weighted by atomic mass is 16.2. The van der Waals surface area contributed by atoms with Gasteiger partial charge in [-0.25, -0.2) is 0 Å². The number of carbonyl (C=O) groups is 1. The maximum absolute atomic E-state index is 12.2. The van der Waals surface area contributed by atoms with Crippen LogP contribution in [0.25, 0.3) is 0 Å². The Kier molecular flexibility index (Phi) is 2.91. The Balaban J connectivity index is 1.52. The van der Waals surface area contributed by atoms with Crippen molar-refractivity contribution in [2.45, 2.75) is 51.4 Å². The highest BCUT2D eigenvalue weighted by molar-refractivity contribution is 5.76. The summed E-state index contributed by atoms with van der Waals surface area (Å²) in [5.41, 5.74) is 0. The van der Waals surface area contributed by atoms with Crippen LogP contribution in [0.2, 0.25) is 0 Å². The molecule has 3 fully saturated rings. The second kappa shape index (κ2) is 4.38. The van der Waals surface area contributed by atoms with Gasteiger partial charge >= 0.3 is 0 Å². The Morgan fingerprint density at radius 2 is 1.88 bits per heavy atom. The van der Waals surface area contributed by atoms with Gasteiger partial charge in [-0.15, -0.1) is 0 Å². The number of nitrogens with zero attached hydrogens (tertiary/aromatic N) is 1. The number of likely N-dealkylation sites (tertiary alicyclic amines) is 1. The minimum atomic E-state index is 0.456. The molecule has 2 bridgehead atoms. The van der Waals surface area contributed by atoms with Crippen molar-refractivity contribution in [3.8, 4) is 0 Å². The lowest BCUT2D eigenvalue weighted by atomic mass is 9.86. The molecule has 0 aromatic rings. The molecule has 1 saturated heterocycles. The molecule has 2 nitrogen and oxygen atoms in total. The Bertz CT molecular complexity index is 270. The first kappa shape index (κ1) is 10.6. The van der Waals surface area contributed by atoms with Crippen LogP contribution >= 0.6 is 0 Å². The second-order valence-corrected chi connectivity index (χ2v) is 6.08. The molecule has 1 amide bonds. The summed E-state index contributed by atoms with van der Waals surface area (Å²) in [6, 6.07) is 0. The minimum absolute atomic E-state index is 0.456. The smallest absolute Gasteiger partial charge is 0.222 e. The van der Waals surface area contributed by atoms with E-state index in [9.17, 15) is 4.79 Å². The average Bonchev–Trinajstić information content (AvgIpc) is 2.92. The fraction of sp³-hybridized carbons (Fsp3) is 0.929. The zero-order valence-corrected chi connectivity index (χ0v) is 10.2. The monoisotopic (exact) mass is 221 g/mol. The SMILES string of the molecule is O=C(C[C@H]1C[C@H]2CC[C@H]1C2)N1CCCCC1. The van der Waals surface area contributed by atoms with E-state index in [2.05, 4.69) is 4.90 Å². The Morgan fingerprint density at radius 3 is 2.50 bits per heavy atom. The average molecular weight is 221 g/mol. The van der Waals surface area contributed by atoms with E-state index in [0.717, 1.165) is 37.3 Å². The highest BCUT2D eigenvalue weighted by Gasteiger charge is 2.40. The van der Waals surface area contributed by atoms with Crippen LogP contribution in [0.5, 0.6) is 0 Å². The highest BCUT2D eigenvalue weighted by Crippen LogP contribution is 2.49. The van der Waals surface area contributed by atoms with E-state index >= 15 is 0 Å². The minimum Gasteiger partial charge on any atom is -0.343 e. The van der Waals surface area contributed by atoms with E-state index in [1.54, 1.807) is 0 Å². The third kappa shape index (κ3) is 1.99. The first-order chi connectivity index (χ1) is 7.83. The van der Waals surface area contributed by atoms with Gasteiger partial charge in [0.05, 0.1) is 0 Å². The van der Waals surface area contributed by atoms with Gasteiger partial charge in [0.15, 0.2) is 0 Å². The van der Waals surface area contributed by atoms with Gasteiger partial charge in [-0.3, -0.25) is 4.79 Å². The van der Waals surface area contributed by atoms with Crippen molar-refractivity contribution < 1.29 is 4.79 Å². The molecule has 2 saturated carbocycles. The van der Waals surface area contributed by atoms with Crippen molar-refractivity contribution in [1.82, 2.24) is 4.90 Å². The van der Waals surface area contributed by atoms with Crippen molar-refractivity contribution in [3.63, 3.8) is 0 Å². The molecular formula is C14H23NO. The van der Waals surface area contributed by atoms with Crippen molar-refractivity contribution in [2.24, 2.45) is 17.8 Å². The first-order valence-corrected chi connectivity index (χ1v) is 7.10. The third-order valence-corrected chi connectivity index (χ3v) is 5.03. The predicted octanol–water partition coefficient (Wildman–Crippen LogP) is 2.83. The largest absolute Gasteiger partial charge is 0.343 e. The number of piperidine rings is 1. The van der Waals surface area contributed by atoms with Gasteiger partial charge in [-0.05, 0) is 56.3 Å². The maximum Gasteiger partial charge on any atom is 0.222 e. The van der Waals surface area contributed by atoms with Crippen LogP contribution in [-0.2, 0) is 4.79 Å². The van der Waals surface area contributed by atoms with Gasteiger partial charge in [-0.1, -0.05) is 6.42 Å². The normalized spacial score (nSPS) is 38.0. The molecule has 1 aliphatic heterocycles. The maximum atomic E-state index is 12.2. The molecule has 0 spiro atoms. The molecule has 90 valence electrons. The summed E-state index contributed by atoms with van der Waals surface area (Å²) < 4.78 is 0. The fourth-order valence-corrected chi connectivity index (χ4v) is 4.12. The van der Waals surface area contributed by atoms with Crippen molar-refractivity contribution in [3.05, 3.63) is 0 Å². The molecular weight excluding hydrogens is 198 g/mol. The zero-order valence-electron chi connectivity index (χ0n) is 10.2. The van der Waals surface area contributed by atoms with Gasteiger partial charge < -0.3 is 4.90 Å². The van der Waals surface area contributed by atoms with Crippen LogP contribution in [0.4, 0.5) is 0 Å². The van der Waals surface area contributed by atoms with Gasteiger partial charge in [0.25, 0.3) is 0 Å². The number of hydrogen-bond acceptors (Lipinski definition) is 1. The summed E-state index contributed by atoms with van der Waals surface area (Å²) in [5.74, 6) is 3.08. The predicted molar refractivity (Wildman–Crippen MR) is 64.0 cm³/mol. The number of fused-ring (bicyclic) bond motifs is 2. The van der Waals surface area contributed by atoms with Crippen LogP contribution in [0.15, 0.2) is 0 Å². The molecule has 0 unspecified atom stereocenters. The molecule has 0 N–H and O–H groups in total. The van der Waals surface area contributed by atoms with E-state index in [1.165, 1.54) is 44.9 Å². The number of rotatable bonds is 2. The van der Waals surface area contributed by atoms with Crippen molar-refractivity contribution in [1.29, 1.82) is 0 Å². The van der Waals surface area contributed by atoms with Gasteiger partial charge in [0, 0.05) is 19.5 Å². The molecule has 3 rings (SSSR count). The number of carbonyl (C=O) groups excluding carboxylic acids is 1. The lowest BCUT2D eigenvalue weighted by molar-refractivity contribution is -0.133. The topological polar surface area (TPSA) is 20.3 Å². The molecule has 3 aliphatic rings. The van der Waals surface area contributed by atoms with Gasteiger partial charge in [0.1, 0.15) is 0 Å². The van der Waals surface area contributed by atoms with Crippen LogP contribution in [0.3, 0.4) is 0 Å². The van der Waals surface area contributed by atoms with E-state index in [4.69, 9.17) is 0 Å². The fourth-order valence-electron chi connectivity index (χ4n) is 4.12. The quantitative estimate of drug-likeness (QED) is 0.702. The molecule has 2 aliphatic carbocycles. The van der Waals surface area contributed by atoms with Crippen LogP contribution < -0.4 is 0 Å². The molecule has 0 aromatic heterocycles.